The Bertz CT molecular complexity index is 1350. The second-order valence-electron chi connectivity index (χ2n) is 9.41. The zero-order valence-electron chi connectivity index (χ0n) is 19.6. The van der Waals surface area contributed by atoms with E-state index in [4.69, 9.17) is 4.74 Å². The largest absolute Gasteiger partial charge is 0.444 e. The van der Waals surface area contributed by atoms with E-state index in [1.54, 1.807) is 51.2 Å². The molecule has 0 saturated heterocycles. The van der Waals surface area contributed by atoms with Crippen LogP contribution in [0, 0.1) is 10.1 Å². The van der Waals surface area contributed by atoms with E-state index < -0.39 is 38.4 Å². The Morgan fingerprint density at radius 1 is 1.23 bits per heavy atom. The molecule has 1 amide bonds. The van der Waals surface area contributed by atoms with Gasteiger partial charge in [-0.1, -0.05) is 18.2 Å². The summed E-state index contributed by atoms with van der Waals surface area (Å²) >= 11 is 0. The highest BCUT2D eigenvalue weighted by molar-refractivity contribution is 7.93. The lowest BCUT2D eigenvalue weighted by Crippen LogP contribution is -2.42. The number of carbonyl (C=O) groups excluding carboxylic acids is 1. The zero-order chi connectivity index (χ0) is 25.4. The minimum Gasteiger partial charge on any atom is -0.444 e. The summed E-state index contributed by atoms with van der Waals surface area (Å²) in [5.74, 6) is 0. The van der Waals surface area contributed by atoms with Gasteiger partial charge in [0.25, 0.3) is 10.0 Å². The van der Waals surface area contributed by atoms with Gasteiger partial charge < -0.3 is 15.0 Å². The van der Waals surface area contributed by atoms with Gasteiger partial charge in [-0.25, -0.2) is 18.2 Å². The maximum absolute atomic E-state index is 13.9. The fourth-order valence-corrected chi connectivity index (χ4v) is 6.07. The Balaban J connectivity index is 1.78. The van der Waals surface area contributed by atoms with Crippen molar-refractivity contribution in [2.24, 2.45) is 0 Å². The van der Waals surface area contributed by atoms with Crippen molar-refractivity contribution < 1.29 is 22.9 Å². The van der Waals surface area contributed by atoms with Gasteiger partial charge in [-0.15, -0.1) is 0 Å². The maximum atomic E-state index is 13.9. The standard InChI is InChI=1S/C23H27N5O6S/c1-23(2,3)34-22(29)26-15-9-10-16(13-15)27(35(32,33)17-7-5-4-6-8-17)20-18-11-12-24-21(18)25-14-19(20)28(30)31/h4-8,11-12,14-16H,9-10,13H2,1-3H3,(H,24,25)(H,26,29)/t15-,16+/m1/s1. The number of nitro groups is 1. The average Bonchev–Trinajstić information content (AvgIpc) is 3.42. The number of nitrogens with one attached hydrogen (secondary N) is 2. The summed E-state index contributed by atoms with van der Waals surface area (Å²) < 4.78 is 34.3. The fourth-order valence-electron chi connectivity index (χ4n) is 4.33. The predicted molar refractivity (Wildman–Crippen MR) is 130 cm³/mol. The van der Waals surface area contributed by atoms with Crippen LogP contribution in [0.2, 0.25) is 0 Å². The van der Waals surface area contributed by atoms with Crippen molar-refractivity contribution in [3.63, 3.8) is 0 Å². The van der Waals surface area contributed by atoms with Crippen LogP contribution in [0.4, 0.5) is 16.2 Å². The first-order chi connectivity index (χ1) is 16.5. The van der Waals surface area contributed by atoms with Crippen LogP contribution < -0.4 is 9.62 Å². The molecule has 2 aromatic heterocycles. The first kappa shape index (κ1) is 24.5. The molecule has 2 heterocycles. The molecule has 1 saturated carbocycles. The van der Waals surface area contributed by atoms with Gasteiger partial charge in [0.15, 0.2) is 0 Å². The predicted octanol–water partition coefficient (Wildman–Crippen LogP) is 4.11. The lowest BCUT2D eigenvalue weighted by Gasteiger charge is -2.30. The number of aromatic amines is 1. The van der Waals surface area contributed by atoms with Gasteiger partial charge in [-0.3, -0.25) is 14.4 Å². The van der Waals surface area contributed by atoms with Crippen LogP contribution >= 0.6 is 0 Å². The van der Waals surface area contributed by atoms with E-state index in [0.29, 0.717) is 23.9 Å². The lowest BCUT2D eigenvalue weighted by atomic mass is 10.2. The van der Waals surface area contributed by atoms with E-state index in [0.717, 1.165) is 10.5 Å². The van der Waals surface area contributed by atoms with E-state index in [-0.39, 0.29) is 23.0 Å². The van der Waals surface area contributed by atoms with Gasteiger partial charge in [0.2, 0.25) is 0 Å². The summed E-state index contributed by atoms with van der Waals surface area (Å²) in [7, 11) is -4.20. The number of rotatable bonds is 6. The number of benzene rings is 1. The Morgan fingerprint density at radius 2 is 1.94 bits per heavy atom. The number of amides is 1. The molecule has 35 heavy (non-hydrogen) atoms. The number of hydrogen-bond acceptors (Lipinski definition) is 7. The van der Waals surface area contributed by atoms with Crippen LogP contribution in [0.5, 0.6) is 0 Å². The van der Waals surface area contributed by atoms with Crippen LogP contribution in [0.1, 0.15) is 40.0 Å². The van der Waals surface area contributed by atoms with Crippen molar-refractivity contribution in [2.45, 2.75) is 62.6 Å². The molecular formula is C23H27N5O6S. The van der Waals surface area contributed by atoms with Gasteiger partial charge in [0.05, 0.1) is 15.2 Å². The molecule has 3 aromatic rings. The minimum absolute atomic E-state index is 0.0124. The number of nitrogens with zero attached hydrogens (tertiary/aromatic N) is 3. The number of sulfonamides is 1. The monoisotopic (exact) mass is 501 g/mol. The molecule has 1 aliphatic rings. The molecule has 1 aromatic carbocycles. The van der Waals surface area contributed by atoms with Crippen molar-refractivity contribution in [1.82, 2.24) is 15.3 Å². The van der Waals surface area contributed by atoms with Crippen LogP contribution in [0.3, 0.4) is 0 Å². The molecule has 0 bridgehead atoms. The Kier molecular flexibility index (Phi) is 6.41. The summed E-state index contributed by atoms with van der Waals surface area (Å²) in [6.07, 6.45) is 3.16. The molecule has 0 spiro atoms. The van der Waals surface area contributed by atoms with Crippen molar-refractivity contribution >= 4 is 38.5 Å². The average molecular weight is 502 g/mol. The molecule has 1 aliphatic carbocycles. The normalized spacial score (nSPS) is 18.4. The van der Waals surface area contributed by atoms with Crippen LogP contribution in [0.15, 0.2) is 53.7 Å². The summed E-state index contributed by atoms with van der Waals surface area (Å²) in [4.78, 5) is 30.6. The summed E-state index contributed by atoms with van der Waals surface area (Å²) in [5.41, 5.74) is -0.809. The van der Waals surface area contributed by atoms with E-state index in [2.05, 4.69) is 15.3 Å². The fraction of sp³-hybridized carbons (Fsp3) is 0.391. The minimum atomic E-state index is -4.20. The van der Waals surface area contributed by atoms with Crippen molar-refractivity contribution in [3.05, 3.63) is 58.9 Å². The van der Waals surface area contributed by atoms with E-state index in [1.807, 2.05) is 0 Å². The number of ether oxygens (including phenoxy) is 1. The second kappa shape index (κ2) is 9.17. The van der Waals surface area contributed by atoms with Gasteiger partial charge >= 0.3 is 11.8 Å². The molecule has 0 aliphatic heterocycles. The summed E-state index contributed by atoms with van der Waals surface area (Å²) in [6, 6.07) is 8.37. The third kappa shape index (κ3) is 5.06. The van der Waals surface area contributed by atoms with Gasteiger partial charge in [-0.2, -0.15) is 0 Å². The third-order valence-corrected chi connectivity index (χ3v) is 7.58. The number of carbonyl (C=O) groups is 1. The smallest absolute Gasteiger partial charge is 0.407 e. The highest BCUT2D eigenvalue weighted by atomic mass is 32.2. The number of H-pyrrole nitrogens is 1. The molecule has 12 heteroatoms. The van der Waals surface area contributed by atoms with Gasteiger partial charge in [-0.05, 0) is 58.2 Å². The van der Waals surface area contributed by atoms with Crippen molar-refractivity contribution in [3.8, 4) is 0 Å². The number of pyridine rings is 1. The zero-order valence-corrected chi connectivity index (χ0v) is 20.4. The molecule has 2 N–H and O–H groups in total. The summed E-state index contributed by atoms with van der Waals surface area (Å²) in [6.45, 7) is 5.26. The topological polar surface area (TPSA) is 148 Å². The Hall–Kier alpha value is -3.67. The van der Waals surface area contributed by atoms with Gasteiger partial charge in [0.1, 0.15) is 23.1 Å². The van der Waals surface area contributed by atoms with Crippen LogP contribution in [0.25, 0.3) is 11.0 Å². The highest BCUT2D eigenvalue weighted by Gasteiger charge is 2.41. The quantitative estimate of drug-likeness (QED) is 0.381. The second-order valence-corrected chi connectivity index (χ2v) is 11.2. The number of alkyl carbamates (subject to hydrolysis) is 1. The lowest BCUT2D eigenvalue weighted by molar-refractivity contribution is -0.384. The van der Waals surface area contributed by atoms with E-state index in [1.165, 1.54) is 12.1 Å². The van der Waals surface area contributed by atoms with Crippen molar-refractivity contribution in [2.75, 3.05) is 4.31 Å². The SMILES string of the molecule is CC(C)(C)OC(=O)N[C@@H]1CC[C@H](N(c2c([N+](=O)[O-])cnc3[nH]ccc23)S(=O)(=O)c2ccccc2)C1. The van der Waals surface area contributed by atoms with Crippen LogP contribution in [-0.2, 0) is 14.8 Å². The third-order valence-electron chi connectivity index (χ3n) is 5.71. The molecule has 2 atom stereocenters. The molecule has 0 unspecified atom stereocenters. The van der Waals surface area contributed by atoms with E-state index in [9.17, 15) is 23.3 Å². The number of anilines is 1. The van der Waals surface area contributed by atoms with Crippen LogP contribution in [-0.4, -0.2) is 47.1 Å². The molecule has 11 nitrogen and oxygen atoms in total. The number of fused-ring (bicyclic) bond motifs is 1. The van der Waals surface area contributed by atoms with Gasteiger partial charge in [0, 0.05) is 18.3 Å². The first-order valence-electron chi connectivity index (χ1n) is 11.2. The molecule has 0 radical (unpaired) electrons. The highest BCUT2D eigenvalue weighted by Crippen LogP contribution is 2.42. The molecule has 186 valence electrons. The van der Waals surface area contributed by atoms with E-state index >= 15 is 0 Å². The van der Waals surface area contributed by atoms with Crippen molar-refractivity contribution in [1.29, 1.82) is 0 Å². The molecule has 1 fully saturated rings. The summed E-state index contributed by atoms with van der Waals surface area (Å²) in [5, 5.41) is 15.1. The first-order valence-corrected chi connectivity index (χ1v) is 12.6. The molecule has 4 rings (SSSR count). The molecular weight excluding hydrogens is 474 g/mol. The Labute approximate surface area is 202 Å². The number of hydrogen-bond donors (Lipinski definition) is 2. The Morgan fingerprint density at radius 3 is 2.60 bits per heavy atom. The number of aromatic nitrogens is 2. The maximum Gasteiger partial charge on any atom is 0.407 e.